The summed E-state index contributed by atoms with van der Waals surface area (Å²) in [6, 6.07) is 5.47. The van der Waals surface area contributed by atoms with Crippen molar-refractivity contribution in [1.29, 1.82) is 0 Å². The van der Waals surface area contributed by atoms with Gasteiger partial charge in [-0.1, -0.05) is 12.1 Å². The summed E-state index contributed by atoms with van der Waals surface area (Å²) in [4.78, 5) is 25.1. The number of benzene rings is 1. The van der Waals surface area contributed by atoms with Crippen LogP contribution in [0.1, 0.15) is 40.6 Å². The average molecular weight is 363 g/mol. The van der Waals surface area contributed by atoms with E-state index in [-0.39, 0.29) is 6.04 Å². The monoisotopic (exact) mass is 363 g/mol. The largest absolute Gasteiger partial charge is 0.444 e. The Morgan fingerprint density at radius 3 is 2.60 bits per heavy atom. The van der Waals surface area contributed by atoms with Gasteiger partial charge in [0.1, 0.15) is 16.4 Å². The molecule has 2 N–H and O–H groups in total. The summed E-state index contributed by atoms with van der Waals surface area (Å²) < 4.78 is 22.8. The Hall–Kier alpha value is -2.48. The van der Waals surface area contributed by atoms with Crippen molar-refractivity contribution >= 4 is 28.4 Å². The number of anilines is 1. The van der Waals surface area contributed by atoms with Crippen LogP contribution in [0.2, 0.25) is 0 Å². The SMILES string of the molecule is CNc1snc(C)c1C(=O)O[C@H](C(=O)NC1CC1)c1ccc(F)cc1. The van der Waals surface area contributed by atoms with E-state index >= 15 is 0 Å². The quantitative estimate of drug-likeness (QED) is 0.772. The lowest BCUT2D eigenvalue weighted by atomic mass is 10.1. The minimum atomic E-state index is -1.14. The van der Waals surface area contributed by atoms with Gasteiger partial charge in [-0.3, -0.25) is 4.79 Å². The molecule has 6 nitrogen and oxygen atoms in total. The maximum atomic E-state index is 13.2. The van der Waals surface area contributed by atoms with Crippen molar-refractivity contribution in [1.82, 2.24) is 9.69 Å². The zero-order chi connectivity index (χ0) is 18.0. The fourth-order valence-electron chi connectivity index (χ4n) is 2.36. The Morgan fingerprint density at radius 2 is 2.00 bits per heavy atom. The van der Waals surface area contributed by atoms with Gasteiger partial charge in [0.2, 0.25) is 6.10 Å². The van der Waals surface area contributed by atoms with E-state index in [1.54, 1.807) is 14.0 Å². The molecule has 1 aliphatic carbocycles. The van der Waals surface area contributed by atoms with Gasteiger partial charge in [-0.2, -0.15) is 4.37 Å². The summed E-state index contributed by atoms with van der Waals surface area (Å²) >= 11 is 1.15. The molecule has 0 unspecified atom stereocenters. The van der Waals surface area contributed by atoms with E-state index in [0.29, 0.717) is 21.8 Å². The first kappa shape index (κ1) is 17.3. The molecular formula is C17H18FN3O3S. The van der Waals surface area contributed by atoms with Crippen molar-refractivity contribution < 1.29 is 18.7 Å². The lowest BCUT2D eigenvalue weighted by molar-refractivity contribution is -0.130. The minimum Gasteiger partial charge on any atom is -0.444 e. The number of hydrogen-bond acceptors (Lipinski definition) is 6. The lowest BCUT2D eigenvalue weighted by Crippen LogP contribution is -2.33. The Kier molecular flexibility index (Phi) is 4.98. The van der Waals surface area contributed by atoms with Crippen molar-refractivity contribution in [3.05, 3.63) is 46.9 Å². The number of halogens is 1. The summed E-state index contributed by atoms with van der Waals surface area (Å²) in [6.45, 7) is 1.70. The first-order valence-corrected chi connectivity index (χ1v) is 8.67. The second kappa shape index (κ2) is 7.18. The van der Waals surface area contributed by atoms with Crippen LogP contribution in [-0.2, 0) is 9.53 Å². The molecule has 1 aromatic heterocycles. The smallest absolute Gasteiger partial charge is 0.344 e. The van der Waals surface area contributed by atoms with Gasteiger partial charge in [0, 0.05) is 18.7 Å². The van der Waals surface area contributed by atoms with Crippen LogP contribution >= 0.6 is 11.5 Å². The Morgan fingerprint density at radius 1 is 1.32 bits per heavy atom. The van der Waals surface area contributed by atoms with Gasteiger partial charge in [-0.15, -0.1) is 0 Å². The Labute approximate surface area is 148 Å². The second-order valence-electron chi connectivity index (χ2n) is 5.84. The molecule has 0 spiro atoms. The van der Waals surface area contributed by atoms with Gasteiger partial charge in [0.25, 0.3) is 5.91 Å². The van der Waals surface area contributed by atoms with Gasteiger partial charge in [-0.05, 0) is 43.4 Å². The molecule has 8 heteroatoms. The van der Waals surface area contributed by atoms with Gasteiger partial charge in [0.15, 0.2) is 0 Å². The van der Waals surface area contributed by atoms with Crippen LogP contribution in [0.4, 0.5) is 9.39 Å². The molecule has 1 aromatic carbocycles. The van der Waals surface area contributed by atoms with Gasteiger partial charge in [0.05, 0.1) is 5.69 Å². The number of esters is 1. The molecule has 1 aliphatic rings. The Bertz CT molecular complexity index is 787. The third-order valence-corrected chi connectivity index (χ3v) is 4.81. The average Bonchev–Trinajstić information content (AvgIpc) is 3.32. The van der Waals surface area contributed by atoms with Crippen molar-refractivity contribution in [2.75, 3.05) is 12.4 Å². The number of aromatic nitrogens is 1. The van der Waals surface area contributed by atoms with Crippen molar-refractivity contribution in [2.45, 2.75) is 31.9 Å². The summed E-state index contributed by atoms with van der Waals surface area (Å²) in [6.07, 6.45) is 0.679. The first-order valence-electron chi connectivity index (χ1n) is 7.90. The molecule has 0 bridgehead atoms. The second-order valence-corrected chi connectivity index (χ2v) is 6.62. The maximum Gasteiger partial charge on any atom is 0.344 e. The summed E-state index contributed by atoms with van der Waals surface area (Å²) in [7, 11) is 1.68. The van der Waals surface area contributed by atoms with Crippen molar-refractivity contribution in [3.63, 3.8) is 0 Å². The summed E-state index contributed by atoms with van der Waals surface area (Å²) in [5.41, 5.74) is 1.25. The third-order valence-electron chi connectivity index (χ3n) is 3.85. The highest BCUT2D eigenvalue weighted by molar-refractivity contribution is 7.10. The molecule has 1 atom stereocenters. The predicted molar refractivity (Wildman–Crippen MR) is 92.1 cm³/mol. The Balaban J connectivity index is 1.85. The maximum absolute atomic E-state index is 13.2. The number of rotatable bonds is 6. The van der Waals surface area contributed by atoms with E-state index in [2.05, 4.69) is 15.0 Å². The van der Waals surface area contributed by atoms with Gasteiger partial charge in [-0.25, -0.2) is 9.18 Å². The number of nitrogens with one attached hydrogen (secondary N) is 2. The van der Waals surface area contributed by atoms with E-state index in [1.807, 2.05) is 0 Å². The molecule has 1 fully saturated rings. The van der Waals surface area contributed by atoms with E-state index in [0.717, 1.165) is 24.4 Å². The van der Waals surface area contributed by atoms with Crippen LogP contribution in [0.25, 0.3) is 0 Å². The number of hydrogen-bond donors (Lipinski definition) is 2. The van der Waals surface area contributed by atoms with Crippen molar-refractivity contribution in [2.24, 2.45) is 0 Å². The zero-order valence-corrected chi connectivity index (χ0v) is 14.7. The minimum absolute atomic E-state index is 0.117. The summed E-state index contributed by atoms with van der Waals surface area (Å²) in [5.74, 6) is -1.48. The van der Waals surface area contributed by atoms with E-state index in [4.69, 9.17) is 4.74 Å². The van der Waals surface area contributed by atoms with E-state index in [1.165, 1.54) is 24.3 Å². The van der Waals surface area contributed by atoms with Crippen LogP contribution < -0.4 is 10.6 Å². The number of carbonyl (C=O) groups is 2. The highest BCUT2D eigenvalue weighted by Gasteiger charge is 2.32. The predicted octanol–water partition coefficient (Wildman–Crippen LogP) is 2.81. The van der Waals surface area contributed by atoms with Gasteiger partial charge < -0.3 is 15.4 Å². The molecule has 1 heterocycles. The molecule has 25 heavy (non-hydrogen) atoms. The van der Waals surface area contributed by atoms with Gasteiger partial charge >= 0.3 is 5.97 Å². The third kappa shape index (κ3) is 3.96. The summed E-state index contributed by atoms with van der Waals surface area (Å²) in [5, 5.41) is 6.29. The van der Waals surface area contributed by atoms with Crippen LogP contribution in [0.5, 0.6) is 0 Å². The number of aryl methyl sites for hydroxylation is 1. The van der Waals surface area contributed by atoms with E-state index < -0.39 is 23.8 Å². The molecule has 1 saturated carbocycles. The van der Waals surface area contributed by atoms with E-state index in [9.17, 15) is 14.0 Å². The highest BCUT2D eigenvalue weighted by Crippen LogP contribution is 2.28. The van der Waals surface area contributed by atoms with Crippen molar-refractivity contribution in [3.8, 4) is 0 Å². The fourth-order valence-corrected chi connectivity index (χ4v) is 3.09. The number of carbonyl (C=O) groups excluding carboxylic acids is 2. The molecule has 132 valence electrons. The standard InChI is InChI=1S/C17H18FN3O3S/c1-9-13(16(19-2)25-21-9)17(23)24-14(15(22)20-12-7-8-12)10-3-5-11(18)6-4-10/h3-6,12,14,19H,7-8H2,1-2H3,(H,20,22)/t14-/m0/s1. The number of ether oxygens (including phenoxy) is 1. The number of amides is 1. The first-order chi connectivity index (χ1) is 12.0. The number of nitrogens with zero attached hydrogens (tertiary/aromatic N) is 1. The van der Waals surface area contributed by atoms with Crippen LogP contribution in [0.3, 0.4) is 0 Å². The van der Waals surface area contributed by atoms with Crippen LogP contribution in [-0.4, -0.2) is 29.3 Å². The topological polar surface area (TPSA) is 80.3 Å². The zero-order valence-electron chi connectivity index (χ0n) is 13.8. The lowest BCUT2D eigenvalue weighted by Gasteiger charge is -2.18. The molecule has 0 radical (unpaired) electrons. The molecular weight excluding hydrogens is 345 g/mol. The van der Waals surface area contributed by atoms with Crippen LogP contribution in [0, 0.1) is 12.7 Å². The molecule has 0 saturated heterocycles. The fraction of sp³-hybridized carbons (Fsp3) is 0.353. The van der Waals surface area contributed by atoms with Crippen LogP contribution in [0.15, 0.2) is 24.3 Å². The molecule has 2 aromatic rings. The molecule has 0 aliphatic heterocycles. The highest BCUT2D eigenvalue weighted by atomic mass is 32.1. The molecule has 3 rings (SSSR count). The normalized spacial score (nSPS) is 14.7. The molecule has 1 amide bonds.